The molecule has 1 aromatic rings. The van der Waals surface area contributed by atoms with Crippen LogP contribution in [0.15, 0.2) is 12.4 Å². The molecular formula is C10H15N3O2. The largest absolute Gasteiger partial charge is 0.379 e. The summed E-state index contributed by atoms with van der Waals surface area (Å²) in [6.07, 6.45) is 3.28. The molecule has 1 saturated heterocycles. The van der Waals surface area contributed by atoms with Gasteiger partial charge in [0.2, 0.25) is 0 Å². The van der Waals surface area contributed by atoms with Gasteiger partial charge in [0.05, 0.1) is 30.4 Å². The van der Waals surface area contributed by atoms with Gasteiger partial charge in [-0.15, -0.1) is 0 Å². The Hall–Kier alpha value is -1.20. The van der Waals surface area contributed by atoms with Gasteiger partial charge in [0.15, 0.2) is 5.78 Å². The lowest BCUT2D eigenvalue weighted by Gasteiger charge is -2.24. The number of ketones is 1. The minimum atomic E-state index is -0.608. The van der Waals surface area contributed by atoms with E-state index in [1.54, 1.807) is 24.1 Å². The maximum absolute atomic E-state index is 12.2. The molecule has 0 bridgehead atoms. The summed E-state index contributed by atoms with van der Waals surface area (Å²) in [6.45, 7) is 2.68. The van der Waals surface area contributed by atoms with Crippen LogP contribution in [0.2, 0.25) is 0 Å². The van der Waals surface area contributed by atoms with E-state index >= 15 is 0 Å². The number of rotatable bonds is 2. The first-order valence-electron chi connectivity index (χ1n) is 4.91. The van der Waals surface area contributed by atoms with Crippen molar-refractivity contribution in [3.05, 3.63) is 18.0 Å². The number of nitrogens with two attached hydrogens (primary N) is 1. The van der Waals surface area contributed by atoms with Gasteiger partial charge in [0, 0.05) is 19.3 Å². The topological polar surface area (TPSA) is 70.1 Å². The lowest BCUT2D eigenvalue weighted by molar-refractivity contribution is 0.0767. The molecular weight excluding hydrogens is 194 g/mol. The van der Waals surface area contributed by atoms with Crippen LogP contribution in [0.1, 0.15) is 17.3 Å². The number of hydrogen-bond acceptors (Lipinski definition) is 4. The third-order valence-corrected chi connectivity index (χ3v) is 3.00. The zero-order valence-electron chi connectivity index (χ0n) is 8.93. The number of Topliss-reactive ketones (excluding diaryl/α,β-unsaturated/α-hetero) is 1. The van der Waals surface area contributed by atoms with E-state index in [0.717, 1.165) is 0 Å². The molecule has 0 amide bonds. The van der Waals surface area contributed by atoms with Gasteiger partial charge in [-0.05, 0) is 6.92 Å². The molecule has 2 unspecified atom stereocenters. The van der Waals surface area contributed by atoms with Gasteiger partial charge in [-0.1, -0.05) is 0 Å². The van der Waals surface area contributed by atoms with E-state index in [4.69, 9.17) is 10.5 Å². The quantitative estimate of drug-likeness (QED) is 0.694. The smallest absolute Gasteiger partial charge is 0.175 e. The fraction of sp³-hybridized carbons (Fsp3) is 0.600. The van der Waals surface area contributed by atoms with Gasteiger partial charge in [-0.3, -0.25) is 9.48 Å². The zero-order chi connectivity index (χ0) is 11.1. The molecule has 15 heavy (non-hydrogen) atoms. The number of carbonyl (C=O) groups is 1. The minimum absolute atomic E-state index is 0.0144. The lowest BCUT2D eigenvalue weighted by Crippen LogP contribution is -2.44. The molecule has 2 atom stereocenters. The summed E-state index contributed by atoms with van der Waals surface area (Å²) < 4.78 is 6.86. The van der Waals surface area contributed by atoms with Crippen molar-refractivity contribution in [1.29, 1.82) is 0 Å². The molecule has 1 aliphatic heterocycles. The van der Waals surface area contributed by atoms with Crippen molar-refractivity contribution in [1.82, 2.24) is 9.78 Å². The molecule has 5 heteroatoms. The van der Waals surface area contributed by atoms with Crippen LogP contribution in [0.5, 0.6) is 0 Å². The third kappa shape index (κ3) is 1.57. The molecule has 5 nitrogen and oxygen atoms in total. The Balaban J connectivity index is 2.28. The van der Waals surface area contributed by atoms with Crippen molar-refractivity contribution < 1.29 is 9.53 Å². The molecule has 2 heterocycles. The second-order valence-corrected chi connectivity index (χ2v) is 4.27. The van der Waals surface area contributed by atoms with Crippen LogP contribution in [-0.4, -0.2) is 34.8 Å². The molecule has 2 N–H and O–H groups in total. The highest BCUT2D eigenvalue weighted by atomic mass is 16.5. The Morgan fingerprint density at radius 2 is 2.53 bits per heavy atom. The number of hydrogen-bond donors (Lipinski definition) is 1. The Labute approximate surface area is 88.2 Å². The van der Waals surface area contributed by atoms with Gasteiger partial charge in [0.25, 0.3) is 0 Å². The predicted molar refractivity (Wildman–Crippen MR) is 54.4 cm³/mol. The molecule has 0 saturated carbocycles. The van der Waals surface area contributed by atoms with Crippen LogP contribution in [-0.2, 0) is 11.8 Å². The van der Waals surface area contributed by atoms with E-state index in [0.29, 0.717) is 18.8 Å². The Morgan fingerprint density at radius 1 is 1.80 bits per heavy atom. The van der Waals surface area contributed by atoms with Gasteiger partial charge >= 0.3 is 0 Å². The molecule has 0 spiro atoms. The lowest BCUT2D eigenvalue weighted by atomic mass is 9.79. The number of aromatic nitrogens is 2. The second-order valence-electron chi connectivity index (χ2n) is 4.27. The van der Waals surface area contributed by atoms with Gasteiger partial charge in [0.1, 0.15) is 0 Å². The normalized spacial score (nSPS) is 30.7. The van der Waals surface area contributed by atoms with Crippen molar-refractivity contribution in [2.24, 2.45) is 18.2 Å². The number of ether oxygens (including phenoxy) is 1. The van der Waals surface area contributed by atoms with Crippen molar-refractivity contribution in [2.45, 2.75) is 13.0 Å². The first-order chi connectivity index (χ1) is 7.04. The summed E-state index contributed by atoms with van der Waals surface area (Å²) in [6, 6.07) is -0.231. The van der Waals surface area contributed by atoms with Gasteiger partial charge in [-0.2, -0.15) is 5.10 Å². The van der Waals surface area contributed by atoms with Crippen LogP contribution < -0.4 is 5.73 Å². The molecule has 82 valence electrons. The molecule has 1 aromatic heterocycles. The van der Waals surface area contributed by atoms with Crippen LogP contribution in [0.4, 0.5) is 0 Å². The van der Waals surface area contributed by atoms with Crippen LogP contribution >= 0.6 is 0 Å². The summed E-state index contributed by atoms with van der Waals surface area (Å²) in [4.78, 5) is 12.2. The average molecular weight is 209 g/mol. The van der Waals surface area contributed by atoms with E-state index < -0.39 is 5.41 Å². The molecule has 0 aliphatic carbocycles. The Morgan fingerprint density at radius 3 is 3.00 bits per heavy atom. The van der Waals surface area contributed by atoms with Crippen LogP contribution in [0.25, 0.3) is 0 Å². The van der Waals surface area contributed by atoms with Crippen molar-refractivity contribution in [2.75, 3.05) is 13.2 Å². The Bertz CT molecular complexity index is 388. The average Bonchev–Trinajstić information content (AvgIpc) is 2.75. The number of nitrogens with zero attached hydrogens (tertiary/aromatic N) is 2. The number of aryl methyl sites for hydroxylation is 1. The molecule has 0 radical (unpaired) electrons. The summed E-state index contributed by atoms with van der Waals surface area (Å²) in [7, 11) is 1.78. The van der Waals surface area contributed by atoms with E-state index in [2.05, 4.69) is 5.10 Å². The third-order valence-electron chi connectivity index (χ3n) is 3.00. The highest BCUT2D eigenvalue weighted by molar-refractivity contribution is 6.00. The van der Waals surface area contributed by atoms with E-state index in [1.165, 1.54) is 0 Å². The molecule has 2 rings (SSSR count). The number of carbonyl (C=O) groups excluding carboxylic acids is 1. The van der Waals surface area contributed by atoms with E-state index in [9.17, 15) is 4.79 Å². The summed E-state index contributed by atoms with van der Waals surface area (Å²) in [5.74, 6) is 0.0144. The highest BCUT2D eigenvalue weighted by Gasteiger charge is 2.44. The summed E-state index contributed by atoms with van der Waals surface area (Å²) in [5.41, 5.74) is 5.88. The summed E-state index contributed by atoms with van der Waals surface area (Å²) in [5, 5.41) is 3.98. The maximum atomic E-state index is 12.2. The molecule has 1 aliphatic rings. The molecule has 1 fully saturated rings. The van der Waals surface area contributed by atoms with E-state index in [-0.39, 0.29) is 11.8 Å². The van der Waals surface area contributed by atoms with Gasteiger partial charge in [-0.25, -0.2) is 0 Å². The van der Waals surface area contributed by atoms with E-state index in [1.807, 2.05) is 6.92 Å². The van der Waals surface area contributed by atoms with Crippen molar-refractivity contribution >= 4 is 5.78 Å². The minimum Gasteiger partial charge on any atom is -0.379 e. The van der Waals surface area contributed by atoms with Crippen molar-refractivity contribution in [3.8, 4) is 0 Å². The Kier molecular flexibility index (Phi) is 2.36. The molecule has 0 aromatic carbocycles. The predicted octanol–water partition coefficient (Wildman–Crippen LogP) is -0.0334. The summed E-state index contributed by atoms with van der Waals surface area (Å²) >= 11 is 0. The fourth-order valence-corrected chi connectivity index (χ4v) is 1.79. The zero-order valence-corrected chi connectivity index (χ0v) is 8.93. The second kappa shape index (κ2) is 3.43. The standard InChI is InChI=1S/C10H15N3O2/c1-10(6-15-5-8(10)11)9(14)7-3-12-13(2)4-7/h3-4,8H,5-6,11H2,1-2H3. The van der Waals surface area contributed by atoms with Crippen LogP contribution in [0.3, 0.4) is 0 Å². The SMILES string of the molecule is Cn1cc(C(=O)C2(C)COCC2N)cn1. The first-order valence-corrected chi connectivity index (χ1v) is 4.91. The monoisotopic (exact) mass is 209 g/mol. The van der Waals surface area contributed by atoms with Crippen LogP contribution in [0, 0.1) is 5.41 Å². The fourth-order valence-electron chi connectivity index (χ4n) is 1.79. The van der Waals surface area contributed by atoms with Gasteiger partial charge < -0.3 is 10.5 Å². The first kappa shape index (κ1) is 10.3. The van der Waals surface area contributed by atoms with Crippen molar-refractivity contribution in [3.63, 3.8) is 0 Å². The maximum Gasteiger partial charge on any atom is 0.175 e. The highest BCUT2D eigenvalue weighted by Crippen LogP contribution is 2.30.